The van der Waals surface area contributed by atoms with E-state index in [1.54, 1.807) is 0 Å². The smallest absolute Gasteiger partial charge is 0.0595 e. The van der Waals surface area contributed by atoms with Gasteiger partial charge < -0.3 is 5.32 Å². The molecule has 0 spiro atoms. The van der Waals surface area contributed by atoms with E-state index in [0.29, 0.717) is 0 Å². The molecule has 1 atom stereocenters. The minimum absolute atomic E-state index is 0.279. The summed E-state index contributed by atoms with van der Waals surface area (Å²) in [5.74, 6) is 0. The SMILES string of the molecule is C=C(C)CCC(NC)c1cccc(Br)c1Cl. The van der Waals surface area contributed by atoms with Crippen LogP contribution in [0.15, 0.2) is 34.8 Å². The van der Waals surface area contributed by atoms with Gasteiger partial charge in [0.25, 0.3) is 0 Å². The minimum Gasteiger partial charge on any atom is -0.313 e. The summed E-state index contributed by atoms with van der Waals surface area (Å²) >= 11 is 9.72. The Morgan fingerprint density at radius 3 is 2.81 bits per heavy atom. The van der Waals surface area contributed by atoms with Crippen molar-refractivity contribution in [1.29, 1.82) is 0 Å². The van der Waals surface area contributed by atoms with Crippen molar-refractivity contribution >= 4 is 27.5 Å². The first kappa shape index (κ1) is 13.8. The van der Waals surface area contributed by atoms with E-state index in [2.05, 4.69) is 40.8 Å². The van der Waals surface area contributed by atoms with Crippen LogP contribution in [0.1, 0.15) is 31.4 Å². The summed E-state index contributed by atoms with van der Waals surface area (Å²) in [5.41, 5.74) is 2.34. The highest BCUT2D eigenvalue weighted by Gasteiger charge is 2.13. The maximum absolute atomic E-state index is 6.27. The molecule has 0 fully saturated rings. The van der Waals surface area contributed by atoms with Gasteiger partial charge in [0, 0.05) is 10.5 Å². The van der Waals surface area contributed by atoms with E-state index in [9.17, 15) is 0 Å². The van der Waals surface area contributed by atoms with E-state index in [-0.39, 0.29) is 6.04 Å². The van der Waals surface area contributed by atoms with Crippen molar-refractivity contribution in [3.05, 3.63) is 45.4 Å². The number of allylic oxidation sites excluding steroid dienone is 1. The summed E-state index contributed by atoms with van der Waals surface area (Å²) in [5, 5.41) is 4.09. The van der Waals surface area contributed by atoms with Crippen LogP contribution in [-0.4, -0.2) is 7.05 Å². The van der Waals surface area contributed by atoms with Crippen molar-refractivity contribution in [3.63, 3.8) is 0 Å². The molecule has 1 N–H and O–H groups in total. The lowest BCUT2D eigenvalue weighted by Gasteiger charge is -2.18. The van der Waals surface area contributed by atoms with Gasteiger partial charge in [0.1, 0.15) is 0 Å². The fraction of sp³-hybridized carbons (Fsp3) is 0.385. The Balaban J connectivity index is 2.86. The molecular formula is C13H17BrClN. The zero-order chi connectivity index (χ0) is 12.1. The molecule has 0 bridgehead atoms. The second-order valence-electron chi connectivity index (χ2n) is 3.98. The Hall–Kier alpha value is -0.310. The summed E-state index contributed by atoms with van der Waals surface area (Å²) in [6.07, 6.45) is 2.02. The van der Waals surface area contributed by atoms with Crippen molar-refractivity contribution in [3.8, 4) is 0 Å². The van der Waals surface area contributed by atoms with E-state index in [1.165, 1.54) is 5.57 Å². The Labute approximate surface area is 111 Å². The third kappa shape index (κ3) is 3.62. The zero-order valence-electron chi connectivity index (χ0n) is 9.69. The molecule has 0 aliphatic heterocycles. The van der Waals surface area contributed by atoms with Gasteiger partial charge in [-0.25, -0.2) is 0 Å². The Kier molecular flexibility index (Phi) is 5.53. The summed E-state index contributed by atoms with van der Waals surface area (Å²) < 4.78 is 0.947. The fourth-order valence-electron chi connectivity index (χ4n) is 1.64. The van der Waals surface area contributed by atoms with Crippen molar-refractivity contribution in [2.24, 2.45) is 0 Å². The van der Waals surface area contributed by atoms with Crippen LogP contribution < -0.4 is 5.32 Å². The summed E-state index contributed by atoms with van der Waals surface area (Å²) in [7, 11) is 1.96. The summed E-state index contributed by atoms with van der Waals surface area (Å²) in [6, 6.07) is 6.31. The lowest BCUT2D eigenvalue weighted by Crippen LogP contribution is -2.16. The van der Waals surface area contributed by atoms with Gasteiger partial charge in [-0.3, -0.25) is 0 Å². The van der Waals surface area contributed by atoms with Crippen molar-refractivity contribution in [2.75, 3.05) is 7.05 Å². The van der Waals surface area contributed by atoms with Crippen LogP contribution >= 0.6 is 27.5 Å². The Morgan fingerprint density at radius 1 is 1.56 bits per heavy atom. The number of hydrogen-bond acceptors (Lipinski definition) is 1. The molecule has 0 aliphatic rings. The minimum atomic E-state index is 0.279. The molecular weight excluding hydrogens is 286 g/mol. The number of nitrogens with one attached hydrogen (secondary N) is 1. The summed E-state index contributed by atoms with van der Waals surface area (Å²) in [4.78, 5) is 0. The van der Waals surface area contributed by atoms with Crippen LogP contribution in [0.4, 0.5) is 0 Å². The van der Waals surface area contributed by atoms with Gasteiger partial charge in [-0.05, 0) is 54.4 Å². The third-order valence-corrected chi connectivity index (χ3v) is 3.88. The maximum Gasteiger partial charge on any atom is 0.0595 e. The molecule has 0 aliphatic carbocycles. The van der Waals surface area contributed by atoms with Gasteiger partial charge in [-0.2, -0.15) is 0 Å². The van der Waals surface area contributed by atoms with E-state index < -0.39 is 0 Å². The molecule has 88 valence electrons. The average Bonchev–Trinajstić information content (AvgIpc) is 2.24. The lowest BCUT2D eigenvalue weighted by atomic mass is 10.00. The molecule has 1 rings (SSSR count). The topological polar surface area (TPSA) is 12.0 Å². The highest BCUT2D eigenvalue weighted by molar-refractivity contribution is 9.10. The van der Waals surface area contributed by atoms with E-state index in [1.807, 2.05) is 19.2 Å². The molecule has 1 unspecified atom stereocenters. The molecule has 0 saturated heterocycles. The first-order valence-corrected chi connectivity index (χ1v) is 6.49. The lowest BCUT2D eigenvalue weighted by molar-refractivity contribution is 0.548. The third-order valence-electron chi connectivity index (χ3n) is 2.57. The van der Waals surface area contributed by atoms with Crippen molar-refractivity contribution in [2.45, 2.75) is 25.8 Å². The highest BCUT2D eigenvalue weighted by Crippen LogP contribution is 2.32. The van der Waals surface area contributed by atoms with Crippen LogP contribution in [0.25, 0.3) is 0 Å². The Morgan fingerprint density at radius 2 is 2.25 bits per heavy atom. The average molecular weight is 303 g/mol. The monoisotopic (exact) mass is 301 g/mol. The van der Waals surface area contributed by atoms with Gasteiger partial charge in [0.2, 0.25) is 0 Å². The molecule has 3 heteroatoms. The quantitative estimate of drug-likeness (QED) is 0.776. The molecule has 1 nitrogen and oxygen atoms in total. The van der Waals surface area contributed by atoms with E-state index in [4.69, 9.17) is 11.6 Å². The van der Waals surface area contributed by atoms with Crippen LogP contribution in [0.5, 0.6) is 0 Å². The van der Waals surface area contributed by atoms with Crippen LogP contribution in [0, 0.1) is 0 Å². The fourth-order valence-corrected chi connectivity index (χ4v) is 2.27. The molecule has 0 amide bonds. The van der Waals surface area contributed by atoms with Gasteiger partial charge in [0.05, 0.1) is 5.02 Å². The normalized spacial score (nSPS) is 12.5. The maximum atomic E-state index is 6.27. The first-order valence-electron chi connectivity index (χ1n) is 5.31. The second kappa shape index (κ2) is 6.43. The Bertz CT molecular complexity index is 376. The standard InChI is InChI=1S/C13H17BrClN/c1-9(2)7-8-12(16-3)10-5-4-6-11(14)13(10)15/h4-6,12,16H,1,7-8H2,2-3H3. The van der Waals surface area contributed by atoms with E-state index >= 15 is 0 Å². The summed E-state index contributed by atoms with van der Waals surface area (Å²) in [6.45, 7) is 5.98. The van der Waals surface area contributed by atoms with Gasteiger partial charge in [-0.1, -0.05) is 29.3 Å². The van der Waals surface area contributed by atoms with Crippen LogP contribution in [-0.2, 0) is 0 Å². The largest absolute Gasteiger partial charge is 0.313 e. The predicted molar refractivity (Wildman–Crippen MR) is 75.0 cm³/mol. The second-order valence-corrected chi connectivity index (χ2v) is 5.21. The van der Waals surface area contributed by atoms with Crippen molar-refractivity contribution < 1.29 is 0 Å². The number of hydrogen-bond donors (Lipinski definition) is 1. The molecule has 16 heavy (non-hydrogen) atoms. The number of halogens is 2. The van der Waals surface area contributed by atoms with Crippen LogP contribution in [0.3, 0.4) is 0 Å². The highest BCUT2D eigenvalue weighted by atomic mass is 79.9. The molecule has 0 saturated carbocycles. The molecule has 1 aromatic rings. The van der Waals surface area contributed by atoms with Gasteiger partial charge in [-0.15, -0.1) is 6.58 Å². The van der Waals surface area contributed by atoms with Crippen molar-refractivity contribution in [1.82, 2.24) is 5.32 Å². The number of benzene rings is 1. The molecule has 1 aromatic carbocycles. The van der Waals surface area contributed by atoms with E-state index in [0.717, 1.165) is 27.9 Å². The number of rotatable bonds is 5. The predicted octanol–water partition coefficient (Wildman–Crippen LogP) is 4.72. The molecule has 0 radical (unpaired) electrons. The first-order chi connectivity index (χ1) is 7.56. The van der Waals surface area contributed by atoms with Gasteiger partial charge >= 0.3 is 0 Å². The molecule has 0 aromatic heterocycles. The zero-order valence-corrected chi connectivity index (χ0v) is 12.0. The molecule has 0 heterocycles. The van der Waals surface area contributed by atoms with Crippen LogP contribution in [0.2, 0.25) is 5.02 Å². The van der Waals surface area contributed by atoms with Gasteiger partial charge in [0.15, 0.2) is 0 Å².